The summed E-state index contributed by atoms with van der Waals surface area (Å²) in [5.74, 6) is 0.295. The third-order valence-electron chi connectivity index (χ3n) is 5.21. The second-order valence-corrected chi connectivity index (χ2v) is 7.93. The average Bonchev–Trinajstić information content (AvgIpc) is 3.21. The van der Waals surface area contributed by atoms with Crippen LogP contribution in [0, 0.1) is 0 Å². The number of benzene rings is 4. The Morgan fingerprint density at radius 2 is 1.61 bits per heavy atom. The number of hydrogen-bond acceptors (Lipinski definition) is 4. The molecule has 5 nitrogen and oxygen atoms in total. The molecule has 0 bridgehead atoms. The molecule has 0 fully saturated rings. The number of thiocarbonyl (C=S) groups is 1. The summed E-state index contributed by atoms with van der Waals surface area (Å²) in [5.41, 5.74) is 3.82. The Hall–Kier alpha value is -4.16. The number of furan rings is 1. The van der Waals surface area contributed by atoms with Crippen molar-refractivity contribution < 1.29 is 13.9 Å². The van der Waals surface area contributed by atoms with Crippen molar-refractivity contribution in [1.29, 1.82) is 0 Å². The summed E-state index contributed by atoms with van der Waals surface area (Å²) in [6.45, 7) is 0.427. The molecule has 162 valence electrons. The van der Waals surface area contributed by atoms with Crippen molar-refractivity contribution in [1.82, 2.24) is 5.32 Å². The van der Waals surface area contributed by atoms with Crippen molar-refractivity contribution in [3.63, 3.8) is 0 Å². The van der Waals surface area contributed by atoms with E-state index < -0.39 is 0 Å². The number of carbonyl (C=O) groups excluding carboxylic acids is 1. The van der Waals surface area contributed by atoms with Gasteiger partial charge in [0.2, 0.25) is 0 Å². The predicted octanol–water partition coefficient (Wildman–Crippen LogP) is 6.29. The normalized spacial score (nSPS) is 10.8. The second kappa shape index (κ2) is 9.14. The molecule has 0 atom stereocenters. The number of fused-ring (bicyclic) bond motifs is 3. The molecule has 5 aromatic rings. The summed E-state index contributed by atoms with van der Waals surface area (Å²) in [4.78, 5) is 12.7. The Morgan fingerprint density at radius 1 is 0.818 bits per heavy atom. The lowest BCUT2D eigenvalue weighted by Gasteiger charge is -2.11. The van der Waals surface area contributed by atoms with Crippen molar-refractivity contribution in [3.05, 3.63) is 108 Å². The molecule has 0 saturated carbocycles. The zero-order chi connectivity index (χ0) is 22.6. The fourth-order valence-electron chi connectivity index (χ4n) is 3.61. The molecule has 0 unspecified atom stereocenters. The SMILES string of the molecule is O=C(NC(=S)Nc1ccc2c(c1)oc1ccccc12)c1cccc(OCc2ccccc2)c1. The molecule has 1 aromatic heterocycles. The molecule has 2 N–H and O–H groups in total. The quantitative estimate of drug-likeness (QED) is 0.307. The Bertz CT molecular complexity index is 1460. The first-order valence-electron chi connectivity index (χ1n) is 10.5. The van der Waals surface area contributed by atoms with Gasteiger partial charge in [-0.3, -0.25) is 10.1 Å². The van der Waals surface area contributed by atoms with Crippen molar-refractivity contribution in [2.24, 2.45) is 0 Å². The topological polar surface area (TPSA) is 63.5 Å². The van der Waals surface area contributed by atoms with Crippen LogP contribution in [0.2, 0.25) is 0 Å². The van der Waals surface area contributed by atoms with Crippen molar-refractivity contribution in [2.45, 2.75) is 6.61 Å². The van der Waals surface area contributed by atoms with E-state index in [-0.39, 0.29) is 11.0 Å². The molecule has 6 heteroatoms. The summed E-state index contributed by atoms with van der Waals surface area (Å²) in [7, 11) is 0. The van der Waals surface area contributed by atoms with Gasteiger partial charge in [-0.2, -0.15) is 0 Å². The van der Waals surface area contributed by atoms with Crippen LogP contribution in [0.15, 0.2) is 101 Å². The van der Waals surface area contributed by atoms with Gasteiger partial charge < -0.3 is 14.5 Å². The largest absolute Gasteiger partial charge is 0.489 e. The first kappa shape index (κ1) is 20.7. The highest BCUT2D eigenvalue weighted by molar-refractivity contribution is 7.80. The summed E-state index contributed by atoms with van der Waals surface area (Å²) in [6, 6.07) is 30.5. The summed E-state index contributed by atoms with van der Waals surface area (Å²) >= 11 is 5.34. The lowest BCUT2D eigenvalue weighted by atomic mass is 10.1. The molecule has 0 saturated heterocycles. The van der Waals surface area contributed by atoms with Crippen LogP contribution in [0.25, 0.3) is 21.9 Å². The molecule has 5 rings (SSSR count). The highest BCUT2D eigenvalue weighted by atomic mass is 32.1. The zero-order valence-electron chi connectivity index (χ0n) is 17.6. The summed E-state index contributed by atoms with van der Waals surface area (Å²) in [5, 5.41) is 8.05. The van der Waals surface area contributed by atoms with Crippen molar-refractivity contribution in [2.75, 3.05) is 5.32 Å². The van der Waals surface area contributed by atoms with Crippen LogP contribution in [0.4, 0.5) is 5.69 Å². The van der Waals surface area contributed by atoms with Crippen LogP contribution >= 0.6 is 12.2 Å². The standard InChI is InChI=1S/C27H20N2O3S/c30-26(19-9-6-10-21(15-19)31-17-18-7-2-1-3-8-18)29-27(33)28-20-13-14-23-22-11-4-5-12-24(22)32-25(23)16-20/h1-16H,17H2,(H2,28,29,30,33). The zero-order valence-corrected chi connectivity index (χ0v) is 18.4. The van der Waals surface area contributed by atoms with Gasteiger partial charge in [0.25, 0.3) is 5.91 Å². The first-order chi connectivity index (χ1) is 16.2. The molecule has 4 aromatic carbocycles. The Balaban J connectivity index is 1.23. The van der Waals surface area contributed by atoms with Gasteiger partial charge in [-0.1, -0.05) is 54.6 Å². The fourth-order valence-corrected chi connectivity index (χ4v) is 3.82. The molecular weight excluding hydrogens is 432 g/mol. The Morgan fingerprint density at radius 3 is 2.48 bits per heavy atom. The Labute approximate surface area is 196 Å². The molecule has 0 aliphatic rings. The minimum atomic E-state index is -0.317. The van der Waals surface area contributed by atoms with Gasteiger partial charge in [0.15, 0.2) is 5.11 Å². The molecule has 1 heterocycles. The number of hydrogen-bond donors (Lipinski definition) is 2. The molecular formula is C27H20N2O3S. The lowest BCUT2D eigenvalue weighted by molar-refractivity contribution is 0.0977. The molecule has 0 aliphatic heterocycles. The number of anilines is 1. The van der Waals surface area contributed by atoms with E-state index in [4.69, 9.17) is 21.4 Å². The fraction of sp³-hybridized carbons (Fsp3) is 0.0370. The van der Waals surface area contributed by atoms with Gasteiger partial charge in [0.05, 0.1) is 0 Å². The summed E-state index contributed by atoms with van der Waals surface area (Å²) in [6.07, 6.45) is 0. The van der Waals surface area contributed by atoms with Crippen LogP contribution in [-0.2, 0) is 6.61 Å². The smallest absolute Gasteiger partial charge is 0.257 e. The van der Waals surface area contributed by atoms with Crippen molar-refractivity contribution in [3.8, 4) is 5.75 Å². The average molecular weight is 453 g/mol. The van der Waals surface area contributed by atoms with E-state index in [2.05, 4.69) is 10.6 Å². The number of rotatable bonds is 5. The molecule has 1 amide bonds. The van der Waals surface area contributed by atoms with Gasteiger partial charge in [0, 0.05) is 28.1 Å². The van der Waals surface area contributed by atoms with E-state index in [0.29, 0.717) is 17.9 Å². The molecule has 0 radical (unpaired) electrons. The van der Waals surface area contributed by atoms with Gasteiger partial charge in [-0.15, -0.1) is 0 Å². The van der Waals surface area contributed by atoms with Gasteiger partial charge in [0.1, 0.15) is 23.5 Å². The van der Waals surface area contributed by atoms with Gasteiger partial charge in [-0.25, -0.2) is 0 Å². The molecule has 0 spiro atoms. The lowest BCUT2D eigenvalue weighted by Crippen LogP contribution is -2.34. The number of para-hydroxylation sites is 1. The van der Waals surface area contributed by atoms with Crippen molar-refractivity contribution >= 4 is 50.9 Å². The number of nitrogens with one attached hydrogen (secondary N) is 2. The van der Waals surface area contributed by atoms with Crippen LogP contribution < -0.4 is 15.4 Å². The predicted molar refractivity (Wildman–Crippen MR) is 135 cm³/mol. The van der Waals surface area contributed by atoms with E-state index in [1.165, 1.54) is 0 Å². The number of carbonyl (C=O) groups is 1. The highest BCUT2D eigenvalue weighted by Gasteiger charge is 2.11. The summed E-state index contributed by atoms with van der Waals surface area (Å²) < 4.78 is 11.7. The molecule has 33 heavy (non-hydrogen) atoms. The maximum absolute atomic E-state index is 12.7. The van der Waals surface area contributed by atoms with Crippen LogP contribution in [-0.4, -0.2) is 11.0 Å². The minimum Gasteiger partial charge on any atom is -0.489 e. The third kappa shape index (κ3) is 4.71. The van der Waals surface area contributed by atoms with Crippen LogP contribution in [0.5, 0.6) is 5.75 Å². The maximum Gasteiger partial charge on any atom is 0.257 e. The van der Waals surface area contributed by atoms with E-state index in [1.54, 1.807) is 18.2 Å². The van der Waals surface area contributed by atoms with E-state index in [0.717, 1.165) is 33.2 Å². The second-order valence-electron chi connectivity index (χ2n) is 7.52. The van der Waals surface area contributed by atoms with Crippen LogP contribution in [0.1, 0.15) is 15.9 Å². The highest BCUT2D eigenvalue weighted by Crippen LogP contribution is 2.30. The van der Waals surface area contributed by atoms with E-state index in [9.17, 15) is 4.79 Å². The number of amides is 1. The van der Waals surface area contributed by atoms with Gasteiger partial charge >= 0.3 is 0 Å². The number of ether oxygens (including phenoxy) is 1. The Kier molecular flexibility index (Phi) is 5.74. The van der Waals surface area contributed by atoms with E-state index >= 15 is 0 Å². The first-order valence-corrected chi connectivity index (χ1v) is 10.9. The third-order valence-corrected chi connectivity index (χ3v) is 5.41. The monoisotopic (exact) mass is 452 g/mol. The van der Waals surface area contributed by atoms with Crippen LogP contribution in [0.3, 0.4) is 0 Å². The van der Waals surface area contributed by atoms with Gasteiger partial charge in [-0.05, 0) is 54.2 Å². The maximum atomic E-state index is 12.7. The minimum absolute atomic E-state index is 0.200. The molecule has 0 aliphatic carbocycles. The van der Waals surface area contributed by atoms with E-state index in [1.807, 2.05) is 78.9 Å².